The monoisotopic (exact) mass is 536 g/mol. The maximum absolute atomic E-state index is 12.3. The van der Waals surface area contributed by atoms with E-state index in [0.29, 0.717) is 25.1 Å². The van der Waals surface area contributed by atoms with Crippen molar-refractivity contribution in [3.63, 3.8) is 0 Å². The van der Waals surface area contributed by atoms with Gasteiger partial charge < -0.3 is 9.84 Å². The number of para-hydroxylation sites is 1. The fourth-order valence-corrected chi connectivity index (χ4v) is 3.71. The molecule has 0 radical (unpaired) electrons. The third-order valence-corrected chi connectivity index (χ3v) is 4.92. The summed E-state index contributed by atoms with van der Waals surface area (Å²) in [4.78, 5) is 12.3. The van der Waals surface area contributed by atoms with Crippen LogP contribution in [-0.4, -0.2) is 17.2 Å². The molecule has 0 aromatic heterocycles. The van der Waals surface area contributed by atoms with Crippen LogP contribution in [0.3, 0.4) is 0 Å². The lowest BCUT2D eigenvalue weighted by molar-refractivity contribution is 0.0955. The van der Waals surface area contributed by atoms with E-state index < -0.39 is 0 Å². The third-order valence-electron chi connectivity index (χ3n) is 3.49. The number of nitrogens with one attached hydrogen (secondary N) is 1. The Morgan fingerprint density at radius 2 is 1.81 bits per heavy atom. The number of hydrogen-bond donors (Lipinski definition) is 2. The number of benzene rings is 3. The Hall–Kier alpha value is -2.39. The molecule has 0 fully saturated rings. The smallest absolute Gasteiger partial charge is 0.271 e. The van der Waals surface area contributed by atoms with Crippen LogP contribution in [0.5, 0.6) is 17.2 Å². The first kappa shape index (κ1) is 19.4. The highest BCUT2D eigenvalue weighted by atomic mass is 127. The average Bonchev–Trinajstić information content (AvgIpc) is 2.67. The Morgan fingerprint density at radius 1 is 1.07 bits per heavy atom. The molecule has 3 aromatic carbocycles. The van der Waals surface area contributed by atoms with Crippen LogP contribution in [0.25, 0.3) is 0 Å². The molecule has 5 nitrogen and oxygen atoms in total. The molecule has 0 heterocycles. The molecular formula is C20H14BrIN2O3. The Bertz CT molecular complexity index is 971. The number of nitrogens with zero attached hydrogens (tertiary/aromatic N) is 1. The first-order valence-corrected chi connectivity index (χ1v) is 9.74. The lowest BCUT2D eigenvalue weighted by Crippen LogP contribution is -2.17. The van der Waals surface area contributed by atoms with Crippen LogP contribution in [0.1, 0.15) is 15.9 Å². The van der Waals surface area contributed by atoms with Crippen molar-refractivity contribution in [3.8, 4) is 17.2 Å². The highest BCUT2D eigenvalue weighted by molar-refractivity contribution is 14.1. The van der Waals surface area contributed by atoms with E-state index in [1.807, 2.05) is 52.9 Å². The van der Waals surface area contributed by atoms with Crippen molar-refractivity contribution in [2.24, 2.45) is 5.10 Å². The summed E-state index contributed by atoms with van der Waals surface area (Å²) in [5.74, 6) is 1.08. The molecule has 136 valence electrons. The molecule has 0 aliphatic rings. The zero-order valence-electron chi connectivity index (χ0n) is 13.9. The fourth-order valence-electron chi connectivity index (χ4n) is 2.22. The number of carbonyl (C=O) groups is 1. The largest absolute Gasteiger partial charge is 0.506 e. The molecule has 0 spiro atoms. The number of hydrazone groups is 1. The highest BCUT2D eigenvalue weighted by Crippen LogP contribution is 2.30. The Kier molecular flexibility index (Phi) is 6.46. The number of halogens is 2. The molecule has 27 heavy (non-hydrogen) atoms. The first-order chi connectivity index (χ1) is 13.0. The lowest BCUT2D eigenvalue weighted by atomic mass is 10.2. The van der Waals surface area contributed by atoms with Crippen molar-refractivity contribution in [2.75, 3.05) is 0 Å². The maximum atomic E-state index is 12.3. The second-order valence-electron chi connectivity index (χ2n) is 5.48. The van der Waals surface area contributed by atoms with Crippen LogP contribution in [0.15, 0.2) is 76.3 Å². The second-order valence-corrected chi connectivity index (χ2v) is 7.49. The van der Waals surface area contributed by atoms with E-state index in [9.17, 15) is 9.90 Å². The molecular weight excluding hydrogens is 523 g/mol. The van der Waals surface area contributed by atoms with Gasteiger partial charge in [-0.1, -0.05) is 24.3 Å². The van der Waals surface area contributed by atoms with E-state index in [2.05, 4.69) is 26.5 Å². The van der Waals surface area contributed by atoms with E-state index >= 15 is 0 Å². The summed E-state index contributed by atoms with van der Waals surface area (Å²) in [6.07, 6.45) is 1.51. The van der Waals surface area contributed by atoms with Crippen molar-refractivity contribution in [3.05, 3.63) is 85.9 Å². The molecule has 3 rings (SSSR count). The normalized spacial score (nSPS) is 10.7. The van der Waals surface area contributed by atoms with Crippen LogP contribution in [0.4, 0.5) is 0 Å². The Labute approximate surface area is 178 Å². The molecule has 0 aliphatic carbocycles. The minimum Gasteiger partial charge on any atom is -0.506 e. The molecule has 7 heteroatoms. The van der Waals surface area contributed by atoms with Gasteiger partial charge in [-0.3, -0.25) is 4.79 Å². The maximum Gasteiger partial charge on any atom is 0.271 e. The van der Waals surface area contributed by atoms with Gasteiger partial charge >= 0.3 is 0 Å². The summed E-state index contributed by atoms with van der Waals surface area (Å²) >= 11 is 5.29. The van der Waals surface area contributed by atoms with E-state index in [1.165, 1.54) is 6.21 Å². The average molecular weight is 537 g/mol. The number of phenols is 1. The molecule has 0 bridgehead atoms. The van der Waals surface area contributed by atoms with Crippen LogP contribution in [0, 0.1) is 3.57 Å². The van der Waals surface area contributed by atoms with Gasteiger partial charge in [0.2, 0.25) is 0 Å². The number of phenolic OH excluding ortho intramolecular Hbond substituents is 1. The number of rotatable bonds is 5. The highest BCUT2D eigenvalue weighted by Gasteiger charge is 2.07. The number of ether oxygens (including phenoxy) is 1. The van der Waals surface area contributed by atoms with Crippen LogP contribution in [0.2, 0.25) is 0 Å². The molecule has 0 atom stereocenters. The van der Waals surface area contributed by atoms with Gasteiger partial charge in [0, 0.05) is 5.56 Å². The van der Waals surface area contributed by atoms with Gasteiger partial charge in [0.05, 0.1) is 14.3 Å². The Morgan fingerprint density at radius 3 is 2.56 bits per heavy atom. The van der Waals surface area contributed by atoms with Crippen LogP contribution < -0.4 is 10.2 Å². The number of amides is 1. The van der Waals surface area contributed by atoms with E-state index in [-0.39, 0.29) is 11.7 Å². The zero-order chi connectivity index (χ0) is 19.2. The van der Waals surface area contributed by atoms with E-state index in [4.69, 9.17) is 4.74 Å². The summed E-state index contributed by atoms with van der Waals surface area (Å²) in [6.45, 7) is 0. The molecule has 1 amide bonds. The number of aromatic hydroxyl groups is 1. The summed E-state index contributed by atoms with van der Waals surface area (Å²) < 4.78 is 6.98. The van der Waals surface area contributed by atoms with Crippen molar-refractivity contribution in [1.29, 1.82) is 0 Å². The van der Waals surface area contributed by atoms with Gasteiger partial charge in [0.25, 0.3) is 5.91 Å². The summed E-state index contributed by atoms with van der Waals surface area (Å²) in [7, 11) is 0. The van der Waals surface area contributed by atoms with Crippen molar-refractivity contribution < 1.29 is 14.6 Å². The SMILES string of the molecule is O=C(N/N=C/c1cc(Br)c(O)c(I)c1)c1cccc(Oc2ccccc2)c1. The molecule has 0 saturated carbocycles. The first-order valence-electron chi connectivity index (χ1n) is 7.87. The number of carbonyl (C=O) groups excluding carboxylic acids is 1. The third kappa shape index (κ3) is 5.30. The van der Waals surface area contributed by atoms with Gasteiger partial charge in [-0.2, -0.15) is 5.10 Å². The minimum atomic E-state index is -0.350. The van der Waals surface area contributed by atoms with Crippen molar-refractivity contribution in [2.45, 2.75) is 0 Å². The van der Waals surface area contributed by atoms with Crippen LogP contribution in [-0.2, 0) is 0 Å². The number of hydrogen-bond acceptors (Lipinski definition) is 4. The topological polar surface area (TPSA) is 70.9 Å². The lowest BCUT2D eigenvalue weighted by Gasteiger charge is -2.07. The molecule has 3 aromatic rings. The second kappa shape index (κ2) is 9.01. The van der Waals surface area contributed by atoms with Gasteiger partial charge in [-0.25, -0.2) is 5.43 Å². The van der Waals surface area contributed by atoms with E-state index in [0.717, 1.165) is 5.56 Å². The predicted molar refractivity (Wildman–Crippen MR) is 117 cm³/mol. The Balaban J connectivity index is 1.67. The molecule has 2 N–H and O–H groups in total. The summed E-state index contributed by atoms with van der Waals surface area (Å²) in [6, 6.07) is 19.7. The van der Waals surface area contributed by atoms with Gasteiger partial charge in [0.1, 0.15) is 17.2 Å². The molecule has 0 saturated heterocycles. The van der Waals surface area contributed by atoms with Gasteiger partial charge in [-0.05, 0) is 86.5 Å². The molecule has 0 unspecified atom stereocenters. The van der Waals surface area contributed by atoms with Gasteiger partial charge in [-0.15, -0.1) is 0 Å². The van der Waals surface area contributed by atoms with Crippen molar-refractivity contribution in [1.82, 2.24) is 5.43 Å². The fraction of sp³-hybridized carbons (Fsp3) is 0. The van der Waals surface area contributed by atoms with E-state index in [1.54, 1.807) is 36.4 Å². The summed E-state index contributed by atoms with van der Waals surface area (Å²) in [5.41, 5.74) is 3.66. The van der Waals surface area contributed by atoms with Crippen LogP contribution >= 0.6 is 38.5 Å². The molecule has 0 aliphatic heterocycles. The minimum absolute atomic E-state index is 0.173. The standard InChI is InChI=1S/C20H14BrIN2O3/c21-17-9-13(10-18(22)19(17)25)12-23-24-20(26)14-5-4-8-16(11-14)27-15-6-2-1-3-7-15/h1-12,25H,(H,24,26)/b23-12+. The van der Waals surface area contributed by atoms with Gasteiger partial charge in [0.15, 0.2) is 0 Å². The zero-order valence-corrected chi connectivity index (χ0v) is 17.6. The van der Waals surface area contributed by atoms with Crippen molar-refractivity contribution >= 4 is 50.6 Å². The quantitative estimate of drug-likeness (QED) is 0.263. The predicted octanol–water partition coefficient (Wildman–Crippen LogP) is 5.32. The summed E-state index contributed by atoms with van der Waals surface area (Å²) in [5, 5.41) is 13.7.